The molecule has 0 radical (unpaired) electrons. The number of fused-ring (bicyclic) bond motifs is 1. The Morgan fingerprint density at radius 1 is 0.953 bits per heavy atom. The van der Waals surface area contributed by atoms with Gasteiger partial charge in [0.25, 0.3) is 5.91 Å². The van der Waals surface area contributed by atoms with Crippen LogP contribution in [-0.4, -0.2) is 70.8 Å². The minimum absolute atomic E-state index is 0.0332. The molecule has 3 aromatic carbocycles. The fraction of sp³-hybridized carbons (Fsp3) is 0.387. The highest BCUT2D eigenvalue weighted by molar-refractivity contribution is 9.11. The monoisotopic (exact) mass is 720 g/mol. The molecule has 43 heavy (non-hydrogen) atoms. The lowest BCUT2D eigenvalue weighted by molar-refractivity contribution is -0.122. The zero-order valence-corrected chi connectivity index (χ0v) is 27.8. The van der Waals surface area contributed by atoms with Gasteiger partial charge in [-0.15, -0.1) is 0 Å². The number of halogens is 2. The molecule has 10 nitrogen and oxygen atoms in total. The summed E-state index contributed by atoms with van der Waals surface area (Å²) in [6.45, 7) is 7.82. The highest BCUT2D eigenvalue weighted by Crippen LogP contribution is 2.40. The Bertz CT molecular complexity index is 1480. The van der Waals surface area contributed by atoms with E-state index in [0.717, 1.165) is 10.8 Å². The molecular weight excluding hydrogens is 684 g/mol. The normalized spacial score (nSPS) is 12.1. The molecule has 0 aliphatic heterocycles. The van der Waals surface area contributed by atoms with Crippen molar-refractivity contribution < 1.29 is 29.6 Å². The highest BCUT2D eigenvalue weighted by Gasteiger charge is 2.25. The zero-order chi connectivity index (χ0) is 31.8. The molecule has 0 heterocycles. The van der Waals surface area contributed by atoms with Crippen LogP contribution in [0.2, 0.25) is 0 Å². The molecule has 3 aromatic rings. The predicted molar refractivity (Wildman–Crippen MR) is 176 cm³/mol. The molecule has 0 aliphatic carbocycles. The first-order valence-corrected chi connectivity index (χ1v) is 15.3. The first-order valence-electron chi connectivity index (χ1n) is 13.7. The molecule has 0 fully saturated rings. The van der Waals surface area contributed by atoms with Crippen molar-refractivity contribution in [1.29, 1.82) is 0 Å². The van der Waals surface area contributed by atoms with Gasteiger partial charge in [-0.3, -0.25) is 9.59 Å². The lowest BCUT2D eigenvalue weighted by Gasteiger charge is -2.31. The van der Waals surface area contributed by atoms with Crippen molar-refractivity contribution in [3.63, 3.8) is 0 Å². The van der Waals surface area contributed by atoms with Gasteiger partial charge in [-0.25, -0.2) is 5.43 Å². The summed E-state index contributed by atoms with van der Waals surface area (Å²) in [5, 5.41) is 38.4. The van der Waals surface area contributed by atoms with Crippen molar-refractivity contribution in [2.45, 2.75) is 51.7 Å². The number of rotatable bonds is 14. The molecule has 5 N–H and O–H groups in total. The quantitative estimate of drug-likeness (QED) is 0.114. The number of benzene rings is 3. The Labute approximate surface area is 268 Å². The number of nitrogens with zero attached hydrogens (tertiary/aromatic N) is 2. The van der Waals surface area contributed by atoms with Gasteiger partial charge in [0.15, 0.2) is 0 Å². The minimum Gasteiger partial charge on any atom is -0.506 e. The molecule has 0 aliphatic rings. The number of anilines is 1. The predicted octanol–water partition coefficient (Wildman–Crippen LogP) is 5.20. The topological polar surface area (TPSA) is 144 Å². The number of aromatic hydroxyl groups is 2. The third kappa shape index (κ3) is 10.2. The number of nitrogens with one attached hydrogen (secondary N) is 2. The fourth-order valence-electron chi connectivity index (χ4n) is 4.29. The SMILES string of the molecule is CC(C)(CCOC(C)(C)CCO)NC(=O)CN(CC(=O)N/N=C/c1cc(Br)c(O)c(Br)c1O)c1ccc2ccccc2c1. The van der Waals surface area contributed by atoms with E-state index in [2.05, 4.69) is 47.7 Å². The summed E-state index contributed by atoms with van der Waals surface area (Å²) in [4.78, 5) is 27.8. The van der Waals surface area contributed by atoms with Crippen molar-refractivity contribution in [2.75, 3.05) is 31.2 Å². The molecule has 0 saturated heterocycles. The molecule has 2 amide bonds. The summed E-state index contributed by atoms with van der Waals surface area (Å²) in [6, 6.07) is 15.0. The smallest absolute Gasteiger partial charge is 0.259 e. The Morgan fingerprint density at radius 3 is 2.33 bits per heavy atom. The third-order valence-electron chi connectivity index (χ3n) is 6.77. The van der Waals surface area contributed by atoms with Crippen LogP contribution in [0.25, 0.3) is 10.8 Å². The van der Waals surface area contributed by atoms with E-state index in [4.69, 9.17) is 4.74 Å². The number of amides is 2. The second-order valence-corrected chi connectivity index (χ2v) is 13.1. The number of carbonyl (C=O) groups is 2. The van der Waals surface area contributed by atoms with Crippen LogP contribution in [0.15, 0.2) is 62.6 Å². The van der Waals surface area contributed by atoms with Crippen molar-refractivity contribution in [2.24, 2.45) is 5.10 Å². The van der Waals surface area contributed by atoms with Crippen molar-refractivity contribution in [3.05, 3.63) is 63.0 Å². The molecule has 0 unspecified atom stereocenters. The van der Waals surface area contributed by atoms with Gasteiger partial charge < -0.3 is 30.3 Å². The maximum Gasteiger partial charge on any atom is 0.259 e. The van der Waals surface area contributed by atoms with Gasteiger partial charge in [0, 0.05) is 30.0 Å². The average molecular weight is 722 g/mol. The van der Waals surface area contributed by atoms with Crippen LogP contribution in [0.5, 0.6) is 11.5 Å². The number of phenols is 2. The van der Waals surface area contributed by atoms with Crippen LogP contribution in [0, 0.1) is 0 Å². The van der Waals surface area contributed by atoms with Crippen LogP contribution < -0.4 is 15.6 Å². The summed E-state index contributed by atoms with van der Waals surface area (Å²) < 4.78 is 6.33. The van der Waals surface area contributed by atoms with E-state index in [1.807, 2.05) is 70.2 Å². The number of ether oxygens (including phenoxy) is 1. The first kappa shape index (κ1) is 34.3. The second-order valence-electron chi connectivity index (χ2n) is 11.4. The molecule has 0 atom stereocenters. The average Bonchev–Trinajstić information content (AvgIpc) is 2.93. The molecule has 232 valence electrons. The summed E-state index contributed by atoms with van der Waals surface area (Å²) in [5.41, 5.74) is 2.34. The number of hydrogen-bond acceptors (Lipinski definition) is 8. The van der Waals surface area contributed by atoms with E-state index in [9.17, 15) is 24.9 Å². The van der Waals surface area contributed by atoms with Crippen molar-refractivity contribution >= 4 is 66.3 Å². The van der Waals surface area contributed by atoms with Crippen LogP contribution in [0.3, 0.4) is 0 Å². The van der Waals surface area contributed by atoms with Gasteiger partial charge in [0.05, 0.1) is 29.4 Å². The molecule has 12 heteroatoms. The molecule has 3 rings (SSSR count). The van der Waals surface area contributed by atoms with Crippen molar-refractivity contribution in [1.82, 2.24) is 10.7 Å². The van der Waals surface area contributed by atoms with E-state index < -0.39 is 17.0 Å². The molecule has 0 spiro atoms. The number of phenolic OH excluding ortho intramolecular Hbond substituents is 2. The standard InChI is InChI=1S/C31H38Br2N4O6/c1-30(2,12-14-43-31(3,4)11-13-38)35-25(39)18-37(23-10-9-20-7-5-6-8-21(20)15-23)19-26(40)36-34-17-22-16-24(32)29(42)27(33)28(22)41/h5-10,15-17,38,41-42H,11-14,18-19H2,1-4H3,(H,35,39)(H,36,40)/b34-17+. The van der Waals surface area contributed by atoms with Gasteiger partial charge in [0.1, 0.15) is 16.0 Å². The molecule has 0 saturated carbocycles. The Morgan fingerprint density at radius 2 is 1.63 bits per heavy atom. The summed E-state index contributed by atoms with van der Waals surface area (Å²) in [5.74, 6) is -1.15. The number of carbonyl (C=O) groups excluding carboxylic acids is 2. The number of aliphatic hydroxyl groups is 1. The highest BCUT2D eigenvalue weighted by atomic mass is 79.9. The van der Waals surface area contributed by atoms with Crippen LogP contribution >= 0.6 is 31.9 Å². The summed E-state index contributed by atoms with van der Waals surface area (Å²) in [7, 11) is 0. The second kappa shape index (κ2) is 15.0. The third-order valence-corrected chi connectivity index (χ3v) is 8.12. The number of hydrazone groups is 1. The van der Waals surface area contributed by atoms with E-state index in [-0.39, 0.29) is 47.1 Å². The van der Waals surface area contributed by atoms with Crippen LogP contribution in [0.4, 0.5) is 5.69 Å². The van der Waals surface area contributed by atoms with Gasteiger partial charge in [0.2, 0.25) is 5.91 Å². The Kier molecular flexibility index (Phi) is 12.0. The van der Waals surface area contributed by atoms with E-state index >= 15 is 0 Å². The zero-order valence-electron chi connectivity index (χ0n) is 24.7. The number of aliphatic hydroxyl groups excluding tert-OH is 1. The summed E-state index contributed by atoms with van der Waals surface area (Å²) in [6.07, 6.45) is 2.31. The van der Waals surface area contributed by atoms with E-state index in [1.165, 1.54) is 12.3 Å². The van der Waals surface area contributed by atoms with Gasteiger partial charge >= 0.3 is 0 Å². The van der Waals surface area contributed by atoms with Gasteiger partial charge in [-0.1, -0.05) is 30.3 Å². The minimum atomic E-state index is -0.581. The van der Waals surface area contributed by atoms with Crippen molar-refractivity contribution in [3.8, 4) is 11.5 Å². The summed E-state index contributed by atoms with van der Waals surface area (Å²) >= 11 is 6.31. The Balaban J connectivity index is 1.72. The van der Waals surface area contributed by atoms with Crippen LogP contribution in [-0.2, 0) is 14.3 Å². The maximum absolute atomic E-state index is 13.2. The molecule has 0 aromatic heterocycles. The largest absolute Gasteiger partial charge is 0.506 e. The molecular formula is C31H38Br2N4O6. The lowest BCUT2D eigenvalue weighted by Crippen LogP contribution is -2.50. The van der Waals surface area contributed by atoms with E-state index in [1.54, 1.807) is 4.90 Å². The Hall–Kier alpha value is -3.19. The van der Waals surface area contributed by atoms with Gasteiger partial charge in [-0.2, -0.15) is 5.10 Å². The van der Waals surface area contributed by atoms with Gasteiger partial charge in [-0.05, 0) is 101 Å². The maximum atomic E-state index is 13.2. The van der Waals surface area contributed by atoms with Crippen LogP contribution in [0.1, 0.15) is 46.1 Å². The lowest BCUT2D eigenvalue weighted by atomic mass is 10.0. The van der Waals surface area contributed by atoms with E-state index in [0.29, 0.717) is 29.6 Å². The number of hydrogen-bond donors (Lipinski definition) is 5. The first-order chi connectivity index (χ1) is 20.2. The molecule has 0 bridgehead atoms. The fourth-order valence-corrected chi connectivity index (χ4v) is 5.44.